The number of alkyl halides is 3. The summed E-state index contributed by atoms with van der Waals surface area (Å²) in [6.07, 6.45) is 6.50. The molecular weight excluding hydrogens is 301 g/mol. The van der Waals surface area contributed by atoms with E-state index in [2.05, 4.69) is 13.8 Å². The molecule has 0 aliphatic carbocycles. The summed E-state index contributed by atoms with van der Waals surface area (Å²) in [7, 11) is -1.44. The smallest absolute Gasteiger partial charge is 0.259 e. The predicted octanol–water partition coefficient (Wildman–Crippen LogP) is 6.04. The molecule has 0 aromatic carbocycles. The van der Waals surface area contributed by atoms with Gasteiger partial charge in [0.2, 0.25) is 8.38 Å². The predicted molar refractivity (Wildman–Crippen MR) is 78.2 cm³/mol. The molecule has 0 N–H and O–H groups in total. The molecular formula is C11H22Cl3O2P. The normalized spacial score (nSPS) is 12.4. The first-order chi connectivity index (χ1) is 8.02. The largest absolute Gasteiger partial charge is 0.331 e. The highest BCUT2D eigenvalue weighted by atomic mass is 35.6. The summed E-state index contributed by atoms with van der Waals surface area (Å²) in [5.41, 5.74) is 0. The van der Waals surface area contributed by atoms with Crippen LogP contribution in [0.2, 0.25) is 0 Å². The van der Waals surface area contributed by atoms with E-state index < -0.39 is 11.9 Å². The van der Waals surface area contributed by atoms with Crippen LogP contribution >= 0.6 is 43.2 Å². The number of hydrogen-bond donors (Lipinski definition) is 0. The summed E-state index contributed by atoms with van der Waals surface area (Å²) < 4.78 is 9.62. The minimum absolute atomic E-state index is 0.598. The molecule has 0 aliphatic rings. The van der Waals surface area contributed by atoms with Gasteiger partial charge in [-0.2, -0.15) is 0 Å². The molecule has 2 nitrogen and oxygen atoms in total. The van der Waals surface area contributed by atoms with Crippen molar-refractivity contribution in [2.75, 3.05) is 13.2 Å². The molecule has 0 rings (SSSR count). The van der Waals surface area contributed by atoms with Crippen LogP contribution in [0.1, 0.15) is 52.4 Å². The quantitative estimate of drug-likeness (QED) is 0.277. The van der Waals surface area contributed by atoms with Crippen molar-refractivity contribution < 1.29 is 9.05 Å². The average molecular weight is 324 g/mol. The summed E-state index contributed by atoms with van der Waals surface area (Å²) >= 11 is 17.5. The zero-order valence-electron chi connectivity index (χ0n) is 10.6. The minimum Gasteiger partial charge on any atom is -0.331 e. The maximum atomic E-state index is 5.83. The maximum Gasteiger partial charge on any atom is 0.259 e. The third kappa shape index (κ3) is 10.8. The van der Waals surface area contributed by atoms with Crippen LogP contribution in [0.25, 0.3) is 0 Å². The van der Waals surface area contributed by atoms with Crippen LogP contribution < -0.4 is 0 Å². The zero-order chi connectivity index (χ0) is 13.1. The van der Waals surface area contributed by atoms with Gasteiger partial charge in [0.25, 0.3) is 3.53 Å². The first-order valence-corrected chi connectivity index (χ1v) is 8.46. The second-order valence-corrected chi connectivity index (χ2v) is 8.58. The van der Waals surface area contributed by atoms with Crippen LogP contribution in [0.5, 0.6) is 0 Å². The van der Waals surface area contributed by atoms with Gasteiger partial charge in [-0.3, -0.25) is 0 Å². The molecule has 0 amide bonds. The van der Waals surface area contributed by atoms with Gasteiger partial charge in [-0.1, -0.05) is 74.3 Å². The standard InChI is InChI=1S/C11H22Cl3O2P/c1-3-5-7-9-15-17(11(12,13)14)16-10-8-6-4-2/h3-10H2,1-2H3. The summed E-state index contributed by atoms with van der Waals surface area (Å²) in [6.45, 7) is 5.47. The molecule has 0 atom stereocenters. The molecule has 0 radical (unpaired) electrons. The van der Waals surface area contributed by atoms with Gasteiger partial charge >= 0.3 is 0 Å². The van der Waals surface area contributed by atoms with Crippen LogP contribution in [-0.4, -0.2) is 16.7 Å². The molecule has 0 spiro atoms. The van der Waals surface area contributed by atoms with E-state index in [1.807, 2.05) is 0 Å². The lowest BCUT2D eigenvalue weighted by Gasteiger charge is -2.23. The van der Waals surface area contributed by atoms with Crippen molar-refractivity contribution >= 4 is 43.2 Å². The first kappa shape index (κ1) is 18.2. The Morgan fingerprint density at radius 3 is 1.53 bits per heavy atom. The second kappa shape index (κ2) is 11.1. The van der Waals surface area contributed by atoms with Crippen molar-refractivity contribution in [2.24, 2.45) is 0 Å². The molecule has 0 saturated heterocycles. The van der Waals surface area contributed by atoms with Crippen LogP contribution in [0.4, 0.5) is 0 Å². The molecule has 0 fully saturated rings. The van der Waals surface area contributed by atoms with Gasteiger partial charge in [0.05, 0.1) is 13.2 Å². The fraction of sp³-hybridized carbons (Fsp3) is 1.00. The lowest BCUT2D eigenvalue weighted by molar-refractivity contribution is 0.240. The molecule has 0 saturated carbocycles. The van der Waals surface area contributed by atoms with Crippen LogP contribution in [0.15, 0.2) is 0 Å². The number of rotatable bonds is 10. The van der Waals surface area contributed by atoms with E-state index in [0.29, 0.717) is 13.2 Å². The topological polar surface area (TPSA) is 18.5 Å². The van der Waals surface area contributed by atoms with Crippen LogP contribution in [0.3, 0.4) is 0 Å². The van der Waals surface area contributed by atoms with Crippen LogP contribution in [-0.2, 0) is 9.05 Å². The van der Waals surface area contributed by atoms with Gasteiger partial charge in [-0.15, -0.1) is 0 Å². The van der Waals surface area contributed by atoms with E-state index in [1.165, 1.54) is 0 Å². The summed E-state index contributed by atoms with van der Waals surface area (Å²) in [5.74, 6) is 0. The number of halogens is 3. The fourth-order valence-electron chi connectivity index (χ4n) is 1.18. The zero-order valence-corrected chi connectivity index (χ0v) is 13.7. The van der Waals surface area contributed by atoms with Gasteiger partial charge in [-0.05, 0) is 12.8 Å². The highest BCUT2D eigenvalue weighted by Gasteiger charge is 2.35. The van der Waals surface area contributed by atoms with Gasteiger partial charge < -0.3 is 9.05 Å². The van der Waals surface area contributed by atoms with E-state index >= 15 is 0 Å². The Balaban J connectivity index is 3.81. The molecule has 0 bridgehead atoms. The van der Waals surface area contributed by atoms with E-state index in [4.69, 9.17) is 43.9 Å². The molecule has 6 heteroatoms. The lowest BCUT2D eigenvalue weighted by Crippen LogP contribution is -2.07. The van der Waals surface area contributed by atoms with Crippen molar-refractivity contribution in [1.29, 1.82) is 0 Å². The Labute approximate surface area is 121 Å². The van der Waals surface area contributed by atoms with Crippen LogP contribution in [0, 0.1) is 0 Å². The monoisotopic (exact) mass is 322 g/mol. The molecule has 0 unspecified atom stereocenters. The van der Waals surface area contributed by atoms with Crippen molar-refractivity contribution in [1.82, 2.24) is 0 Å². The molecule has 0 aromatic heterocycles. The highest BCUT2D eigenvalue weighted by molar-refractivity contribution is 7.57. The van der Waals surface area contributed by atoms with Crippen molar-refractivity contribution in [3.63, 3.8) is 0 Å². The average Bonchev–Trinajstić information content (AvgIpc) is 2.25. The Morgan fingerprint density at radius 2 is 1.24 bits per heavy atom. The Kier molecular flexibility index (Phi) is 11.9. The van der Waals surface area contributed by atoms with Gasteiger partial charge in [0, 0.05) is 0 Å². The third-order valence-corrected chi connectivity index (χ3v) is 4.61. The van der Waals surface area contributed by atoms with E-state index in [9.17, 15) is 0 Å². The van der Waals surface area contributed by atoms with Gasteiger partial charge in [-0.25, -0.2) is 0 Å². The molecule has 17 heavy (non-hydrogen) atoms. The van der Waals surface area contributed by atoms with Gasteiger partial charge in [0.1, 0.15) is 0 Å². The highest BCUT2D eigenvalue weighted by Crippen LogP contribution is 2.59. The third-order valence-electron chi connectivity index (χ3n) is 2.12. The second-order valence-electron chi connectivity index (χ2n) is 3.81. The molecule has 104 valence electrons. The molecule has 0 aromatic rings. The van der Waals surface area contributed by atoms with E-state index in [1.54, 1.807) is 0 Å². The SMILES string of the molecule is CCCCCOP(OCCCCC)C(Cl)(Cl)Cl. The summed E-state index contributed by atoms with van der Waals surface area (Å²) in [5, 5.41) is 0. The number of unbranched alkanes of at least 4 members (excludes halogenated alkanes) is 4. The van der Waals surface area contributed by atoms with Crippen molar-refractivity contribution in [3.05, 3.63) is 0 Å². The summed E-state index contributed by atoms with van der Waals surface area (Å²) in [6, 6.07) is 0. The van der Waals surface area contributed by atoms with Crippen molar-refractivity contribution in [3.8, 4) is 0 Å². The van der Waals surface area contributed by atoms with E-state index in [0.717, 1.165) is 38.5 Å². The molecule has 0 heterocycles. The minimum atomic E-state index is -1.45. The maximum absolute atomic E-state index is 5.83. The number of hydrogen-bond acceptors (Lipinski definition) is 2. The Morgan fingerprint density at radius 1 is 0.824 bits per heavy atom. The fourth-order valence-corrected chi connectivity index (χ4v) is 3.02. The summed E-state index contributed by atoms with van der Waals surface area (Å²) in [4.78, 5) is 0. The van der Waals surface area contributed by atoms with Crippen molar-refractivity contribution in [2.45, 2.75) is 55.9 Å². The lowest BCUT2D eigenvalue weighted by atomic mass is 10.3. The first-order valence-electron chi connectivity index (χ1n) is 6.15. The molecule has 0 aliphatic heterocycles. The Hall–Kier alpha value is 1.22. The Bertz CT molecular complexity index is 165. The van der Waals surface area contributed by atoms with E-state index in [-0.39, 0.29) is 0 Å². The van der Waals surface area contributed by atoms with Gasteiger partial charge in [0.15, 0.2) is 0 Å².